The molecule has 0 aliphatic rings. The summed E-state index contributed by atoms with van der Waals surface area (Å²) in [7, 11) is 1.55. The molecule has 0 atom stereocenters. The van der Waals surface area contributed by atoms with Crippen molar-refractivity contribution in [3.63, 3.8) is 0 Å². The second kappa shape index (κ2) is 8.84. The Morgan fingerprint density at radius 1 is 0.960 bits per heavy atom. The topological polar surface area (TPSA) is 87.3 Å². The van der Waals surface area contributed by atoms with Crippen LogP contribution in [0.5, 0.6) is 0 Å². The Kier molecular flexibility index (Phi) is 6.54. The molecule has 0 heterocycles. The molecule has 130 valence electrons. The average Bonchev–Trinajstić information content (AvgIpc) is 2.62. The van der Waals surface area contributed by atoms with E-state index >= 15 is 0 Å². The van der Waals surface area contributed by atoms with Crippen molar-refractivity contribution in [2.75, 3.05) is 18.9 Å². The van der Waals surface area contributed by atoms with Gasteiger partial charge in [-0.1, -0.05) is 23.7 Å². The highest BCUT2D eigenvalue weighted by Crippen LogP contribution is 2.14. The van der Waals surface area contributed by atoms with Crippen LogP contribution in [0.1, 0.15) is 27.1 Å². The molecule has 0 bridgehead atoms. The normalized spacial score (nSPS) is 10.0. The molecule has 0 radical (unpaired) electrons. The van der Waals surface area contributed by atoms with Gasteiger partial charge in [0, 0.05) is 31.3 Å². The summed E-state index contributed by atoms with van der Waals surface area (Å²) in [5, 5.41) is 8.24. The Morgan fingerprint density at radius 2 is 1.64 bits per heavy atom. The summed E-state index contributed by atoms with van der Waals surface area (Å²) in [5.41, 5.74) is 1.46. The lowest BCUT2D eigenvalue weighted by Crippen LogP contribution is -2.27. The molecule has 0 spiro atoms. The minimum atomic E-state index is -0.326. The molecule has 0 aliphatic carbocycles. The van der Waals surface area contributed by atoms with E-state index in [2.05, 4.69) is 16.0 Å². The van der Waals surface area contributed by atoms with Gasteiger partial charge in [0.15, 0.2) is 0 Å². The van der Waals surface area contributed by atoms with Gasteiger partial charge in [0.2, 0.25) is 5.91 Å². The van der Waals surface area contributed by atoms with Crippen LogP contribution in [0.4, 0.5) is 5.69 Å². The molecule has 2 rings (SSSR count). The van der Waals surface area contributed by atoms with Crippen LogP contribution >= 0.6 is 11.6 Å². The summed E-state index contributed by atoms with van der Waals surface area (Å²) in [5.74, 6) is -0.763. The van der Waals surface area contributed by atoms with E-state index in [1.54, 1.807) is 55.6 Å². The number of benzene rings is 2. The maximum absolute atomic E-state index is 12.0. The number of rotatable bonds is 6. The van der Waals surface area contributed by atoms with Crippen molar-refractivity contribution in [3.8, 4) is 0 Å². The molecule has 7 heteroatoms. The predicted molar refractivity (Wildman–Crippen MR) is 96.9 cm³/mol. The van der Waals surface area contributed by atoms with E-state index < -0.39 is 0 Å². The molecule has 2 aromatic carbocycles. The van der Waals surface area contributed by atoms with Gasteiger partial charge in [-0.2, -0.15) is 0 Å². The van der Waals surface area contributed by atoms with Gasteiger partial charge in [-0.05, 0) is 36.4 Å². The predicted octanol–water partition coefficient (Wildman–Crippen LogP) is 2.46. The summed E-state index contributed by atoms with van der Waals surface area (Å²) in [4.78, 5) is 35.3. The second-order valence-electron chi connectivity index (χ2n) is 5.19. The van der Waals surface area contributed by atoms with Crippen LogP contribution in [0.25, 0.3) is 0 Å². The number of anilines is 1. The first-order valence-corrected chi connectivity index (χ1v) is 8.04. The van der Waals surface area contributed by atoms with Crippen LogP contribution in [0.2, 0.25) is 5.02 Å². The third kappa shape index (κ3) is 5.32. The summed E-state index contributed by atoms with van der Waals surface area (Å²) in [6, 6.07) is 13.2. The quantitative estimate of drug-likeness (QED) is 0.740. The lowest BCUT2D eigenvalue weighted by Gasteiger charge is -2.08. The molecule has 0 fully saturated rings. The maximum Gasteiger partial charge on any atom is 0.252 e. The molecule has 25 heavy (non-hydrogen) atoms. The molecule has 2 aromatic rings. The third-order valence-electron chi connectivity index (χ3n) is 3.41. The first-order valence-electron chi connectivity index (χ1n) is 7.66. The maximum atomic E-state index is 12.0. The Morgan fingerprint density at radius 3 is 2.28 bits per heavy atom. The zero-order valence-corrected chi connectivity index (χ0v) is 14.4. The van der Waals surface area contributed by atoms with Crippen molar-refractivity contribution in [2.24, 2.45) is 0 Å². The SMILES string of the molecule is CNC(=O)c1ccc(NC(=O)CCNC(=O)c2ccccc2Cl)cc1. The average molecular weight is 360 g/mol. The molecule has 3 amide bonds. The van der Waals surface area contributed by atoms with Gasteiger partial charge in [-0.25, -0.2) is 0 Å². The molecule has 0 saturated carbocycles. The van der Waals surface area contributed by atoms with Gasteiger partial charge in [0.05, 0.1) is 10.6 Å². The van der Waals surface area contributed by atoms with Crippen LogP contribution in [-0.4, -0.2) is 31.3 Å². The summed E-state index contributed by atoms with van der Waals surface area (Å²) < 4.78 is 0. The van der Waals surface area contributed by atoms with E-state index in [0.29, 0.717) is 21.8 Å². The van der Waals surface area contributed by atoms with E-state index in [0.717, 1.165) is 0 Å². The highest BCUT2D eigenvalue weighted by atomic mass is 35.5. The lowest BCUT2D eigenvalue weighted by molar-refractivity contribution is -0.116. The van der Waals surface area contributed by atoms with E-state index in [1.165, 1.54) is 0 Å². The molecular weight excluding hydrogens is 342 g/mol. The van der Waals surface area contributed by atoms with Crippen molar-refractivity contribution in [3.05, 3.63) is 64.7 Å². The molecule has 0 saturated heterocycles. The van der Waals surface area contributed by atoms with Gasteiger partial charge in [-0.15, -0.1) is 0 Å². The number of hydrogen-bond acceptors (Lipinski definition) is 3. The zero-order chi connectivity index (χ0) is 18.2. The van der Waals surface area contributed by atoms with Crippen LogP contribution < -0.4 is 16.0 Å². The number of carbonyl (C=O) groups excluding carboxylic acids is 3. The van der Waals surface area contributed by atoms with Crippen LogP contribution in [0.3, 0.4) is 0 Å². The van der Waals surface area contributed by atoms with E-state index in [-0.39, 0.29) is 30.7 Å². The third-order valence-corrected chi connectivity index (χ3v) is 3.74. The van der Waals surface area contributed by atoms with Crippen LogP contribution in [-0.2, 0) is 4.79 Å². The Labute approximate surface area is 150 Å². The first kappa shape index (κ1) is 18.5. The van der Waals surface area contributed by atoms with Crippen molar-refractivity contribution >= 4 is 35.0 Å². The van der Waals surface area contributed by atoms with Crippen LogP contribution in [0.15, 0.2) is 48.5 Å². The number of halogens is 1. The minimum absolute atomic E-state index is 0.118. The molecular formula is C18H18ClN3O3. The summed E-state index contributed by atoms with van der Waals surface area (Å²) >= 11 is 5.94. The van der Waals surface area contributed by atoms with Crippen molar-refractivity contribution in [2.45, 2.75) is 6.42 Å². The van der Waals surface area contributed by atoms with Gasteiger partial charge >= 0.3 is 0 Å². The number of carbonyl (C=O) groups is 3. The molecule has 0 aliphatic heterocycles. The fourth-order valence-electron chi connectivity index (χ4n) is 2.10. The van der Waals surface area contributed by atoms with E-state index in [9.17, 15) is 14.4 Å². The molecule has 0 unspecified atom stereocenters. The second-order valence-corrected chi connectivity index (χ2v) is 5.60. The van der Waals surface area contributed by atoms with Crippen molar-refractivity contribution < 1.29 is 14.4 Å². The molecule has 0 aromatic heterocycles. The standard InChI is InChI=1S/C18H18ClN3O3/c1-20-17(24)12-6-8-13(9-7-12)22-16(23)10-11-21-18(25)14-4-2-3-5-15(14)19/h2-9H,10-11H2,1H3,(H,20,24)(H,21,25)(H,22,23). The Hall–Kier alpha value is -2.86. The highest BCUT2D eigenvalue weighted by Gasteiger charge is 2.10. The van der Waals surface area contributed by atoms with Gasteiger partial charge in [0.1, 0.15) is 0 Å². The van der Waals surface area contributed by atoms with Crippen molar-refractivity contribution in [1.29, 1.82) is 0 Å². The fourth-order valence-corrected chi connectivity index (χ4v) is 2.32. The number of nitrogens with one attached hydrogen (secondary N) is 3. The number of amides is 3. The first-order chi connectivity index (χ1) is 12.0. The number of hydrogen-bond donors (Lipinski definition) is 3. The van der Waals surface area contributed by atoms with Gasteiger partial charge in [-0.3, -0.25) is 14.4 Å². The molecule has 6 nitrogen and oxygen atoms in total. The fraction of sp³-hybridized carbons (Fsp3) is 0.167. The van der Waals surface area contributed by atoms with E-state index in [1.807, 2.05) is 0 Å². The molecule has 3 N–H and O–H groups in total. The van der Waals surface area contributed by atoms with Crippen LogP contribution in [0, 0.1) is 0 Å². The zero-order valence-electron chi connectivity index (χ0n) is 13.6. The summed E-state index contributed by atoms with van der Waals surface area (Å²) in [6.07, 6.45) is 0.118. The van der Waals surface area contributed by atoms with Gasteiger partial charge < -0.3 is 16.0 Å². The largest absolute Gasteiger partial charge is 0.355 e. The monoisotopic (exact) mass is 359 g/mol. The lowest BCUT2D eigenvalue weighted by atomic mass is 10.2. The van der Waals surface area contributed by atoms with E-state index in [4.69, 9.17) is 11.6 Å². The Bertz CT molecular complexity index is 775. The van der Waals surface area contributed by atoms with Crippen molar-refractivity contribution in [1.82, 2.24) is 10.6 Å². The summed E-state index contributed by atoms with van der Waals surface area (Å²) in [6.45, 7) is 0.187. The minimum Gasteiger partial charge on any atom is -0.355 e. The van der Waals surface area contributed by atoms with Gasteiger partial charge in [0.25, 0.3) is 11.8 Å². The highest BCUT2D eigenvalue weighted by molar-refractivity contribution is 6.33. The Balaban J connectivity index is 1.80. The smallest absolute Gasteiger partial charge is 0.252 e.